The first-order valence-corrected chi connectivity index (χ1v) is 7.75. The van der Waals surface area contributed by atoms with Crippen LogP contribution < -0.4 is 10.6 Å². The Bertz CT molecular complexity index is 748. The minimum absolute atomic E-state index is 0.0224. The monoisotopic (exact) mass is 370 g/mol. The van der Waals surface area contributed by atoms with Gasteiger partial charge in [0.2, 0.25) is 17.7 Å². The van der Waals surface area contributed by atoms with Crippen molar-refractivity contribution in [2.24, 2.45) is 0 Å². The number of rotatable bonds is 6. The summed E-state index contributed by atoms with van der Waals surface area (Å²) < 4.78 is 4.89. The van der Waals surface area contributed by atoms with E-state index in [0.717, 1.165) is 0 Å². The molecule has 0 aliphatic rings. The summed E-state index contributed by atoms with van der Waals surface area (Å²) in [5.74, 6) is -0.318. The Morgan fingerprint density at radius 2 is 1.79 bits per heavy atom. The van der Waals surface area contributed by atoms with E-state index < -0.39 is 0 Å². The number of hydrogen-bond donors (Lipinski definition) is 2. The van der Waals surface area contributed by atoms with Gasteiger partial charge in [0, 0.05) is 11.8 Å². The van der Waals surface area contributed by atoms with Crippen LogP contribution in [0.2, 0.25) is 10.0 Å². The highest BCUT2D eigenvalue weighted by atomic mass is 35.5. The third-order valence-electron chi connectivity index (χ3n) is 2.92. The molecule has 0 aliphatic heterocycles. The number of aromatic nitrogens is 1. The second kappa shape index (κ2) is 8.14. The van der Waals surface area contributed by atoms with Crippen LogP contribution in [0, 0.1) is 6.92 Å². The number of amides is 2. The first kappa shape index (κ1) is 18.3. The van der Waals surface area contributed by atoms with E-state index in [0.29, 0.717) is 21.4 Å². The number of halogens is 2. The van der Waals surface area contributed by atoms with Crippen LogP contribution in [-0.4, -0.2) is 42.0 Å². The van der Waals surface area contributed by atoms with E-state index >= 15 is 0 Å². The molecule has 0 bridgehead atoms. The van der Waals surface area contributed by atoms with Gasteiger partial charge in [0.25, 0.3) is 0 Å². The van der Waals surface area contributed by atoms with Crippen LogP contribution in [0.15, 0.2) is 28.8 Å². The summed E-state index contributed by atoms with van der Waals surface area (Å²) in [5, 5.41) is 9.67. The van der Waals surface area contributed by atoms with E-state index in [1.54, 1.807) is 43.1 Å². The standard InChI is InChI=1S/C15H16Cl2N4O3/c1-9-5-15(24-20-9)19-14(23)8-21(2)7-13(22)18-10-3-4-11(16)12(17)6-10/h3-6H,7-8H2,1-2H3,(H,18,22)(H,19,23). The van der Waals surface area contributed by atoms with Gasteiger partial charge in [-0.15, -0.1) is 0 Å². The molecule has 0 radical (unpaired) electrons. The first-order chi connectivity index (χ1) is 11.3. The Kier molecular flexibility index (Phi) is 6.19. The number of aryl methyl sites for hydroxylation is 1. The number of carbonyl (C=O) groups is 2. The second-order valence-electron chi connectivity index (χ2n) is 5.23. The van der Waals surface area contributed by atoms with Crippen molar-refractivity contribution in [1.82, 2.24) is 10.1 Å². The van der Waals surface area contributed by atoms with Crippen molar-refractivity contribution >= 4 is 46.6 Å². The molecule has 1 aromatic heterocycles. The molecule has 2 N–H and O–H groups in total. The highest BCUT2D eigenvalue weighted by Crippen LogP contribution is 2.24. The Balaban J connectivity index is 1.80. The van der Waals surface area contributed by atoms with Gasteiger partial charge in [-0.25, -0.2) is 0 Å². The molecule has 0 unspecified atom stereocenters. The lowest BCUT2D eigenvalue weighted by Crippen LogP contribution is -2.36. The quantitative estimate of drug-likeness (QED) is 0.816. The van der Waals surface area contributed by atoms with E-state index in [4.69, 9.17) is 27.7 Å². The zero-order valence-electron chi connectivity index (χ0n) is 13.1. The van der Waals surface area contributed by atoms with Gasteiger partial charge in [-0.05, 0) is 32.2 Å². The minimum atomic E-state index is -0.309. The molecule has 0 spiro atoms. The second-order valence-corrected chi connectivity index (χ2v) is 6.04. The van der Waals surface area contributed by atoms with Crippen LogP contribution in [0.5, 0.6) is 0 Å². The van der Waals surface area contributed by atoms with Crippen molar-refractivity contribution in [1.29, 1.82) is 0 Å². The van der Waals surface area contributed by atoms with Crippen LogP contribution >= 0.6 is 23.2 Å². The van der Waals surface area contributed by atoms with Crippen molar-refractivity contribution in [3.8, 4) is 0 Å². The average Bonchev–Trinajstić information content (AvgIpc) is 2.87. The van der Waals surface area contributed by atoms with Crippen LogP contribution in [0.1, 0.15) is 5.69 Å². The Labute approximate surface area is 148 Å². The summed E-state index contributed by atoms with van der Waals surface area (Å²) in [4.78, 5) is 25.4. The fourth-order valence-electron chi connectivity index (χ4n) is 1.92. The SMILES string of the molecule is Cc1cc(NC(=O)CN(C)CC(=O)Nc2ccc(Cl)c(Cl)c2)on1. The van der Waals surface area contributed by atoms with Gasteiger partial charge >= 0.3 is 0 Å². The molecule has 0 aliphatic carbocycles. The van der Waals surface area contributed by atoms with Gasteiger partial charge in [0.1, 0.15) is 0 Å². The van der Waals surface area contributed by atoms with Crippen molar-refractivity contribution in [3.63, 3.8) is 0 Å². The van der Waals surface area contributed by atoms with Gasteiger partial charge in [-0.3, -0.25) is 19.8 Å². The number of likely N-dealkylation sites (N-methyl/N-ethyl adjacent to an activating group) is 1. The largest absolute Gasteiger partial charge is 0.338 e. The van der Waals surface area contributed by atoms with Crippen LogP contribution in [-0.2, 0) is 9.59 Å². The van der Waals surface area contributed by atoms with Gasteiger partial charge in [-0.1, -0.05) is 28.4 Å². The van der Waals surface area contributed by atoms with E-state index in [1.165, 1.54) is 0 Å². The summed E-state index contributed by atoms with van der Waals surface area (Å²) in [6, 6.07) is 6.40. The van der Waals surface area contributed by atoms with E-state index in [1.807, 2.05) is 0 Å². The molecular formula is C15H16Cl2N4O3. The predicted molar refractivity (Wildman–Crippen MR) is 92.5 cm³/mol. The van der Waals surface area contributed by atoms with Gasteiger partial charge in [-0.2, -0.15) is 0 Å². The number of nitrogens with one attached hydrogen (secondary N) is 2. The lowest BCUT2D eigenvalue weighted by molar-refractivity contribution is -0.119. The highest BCUT2D eigenvalue weighted by Gasteiger charge is 2.13. The van der Waals surface area contributed by atoms with E-state index in [-0.39, 0.29) is 30.8 Å². The molecule has 128 valence electrons. The smallest absolute Gasteiger partial charge is 0.240 e. The molecule has 24 heavy (non-hydrogen) atoms. The maximum Gasteiger partial charge on any atom is 0.240 e. The molecule has 1 heterocycles. The summed E-state index contributed by atoms with van der Waals surface area (Å²) in [5.41, 5.74) is 1.20. The fourth-order valence-corrected chi connectivity index (χ4v) is 2.22. The Hall–Kier alpha value is -2.09. The maximum atomic E-state index is 12.0. The Morgan fingerprint density at radius 3 is 2.38 bits per heavy atom. The summed E-state index contributed by atoms with van der Waals surface area (Å²) in [6.45, 7) is 1.80. The number of benzene rings is 1. The molecule has 2 amide bonds. The van der Waals surface area contributed by atoms with Crippen molar-refractivity contribution in [2.75, 3.05) is 30.8 Å². The highest BCUT2D eigenvalue weighted by molar-refractivity contribution is 6.42. The van der Waals surface area contributed by atoms with E-state index in [2.05, 4.69) is 15.8 Å². The van der Waals surface area contributed by atoms with Crippen molar-refractivity contribution < 1.29 is 14.1 Å². The molecule has 7 nitrogen and oxygen atoms in total. The van der Waals surface area contributed by atoms with Crippen LogP contribution in [0.3, 0.4) is 0 Å². The van der Waals surface area contributed by atoms with Crippen molar-refractivity contribution in [3.05, 3.63) is 40.0 Å². The zero-order chi connectivity index (χ0) is 17.7. The molecule has 0 saturated carbocycles. The summed E-state index contributed by atoms with van der Waals surface area (Å²) in [7, 11) is 1.65. The lowest BCUT2D eigenvalue weighted by atomic mass is 10.3. The van der Waals surface area contributed by atoms with Crippen LogP contribution in [0.4, 0.5) is 11.6 Å². The van der Waals surface area contributed by atoms with Gasteiger partial charge in [0.15, 0.2) is 0 Å². The molecule has 0 saturated heterocycles. The predicted octanol–water partition coefficient (Wildman–Crippen LogP) is 2.80. The molecular weight excluding hydrogens is 355 g/mol. The molecule has 1 aromatic carbocycles. The number of hydrogen-bond acceptors (Lipinski definition) is 5. The Morgan fingerprint density at radius 1 is 1.12 bits per heavy atom. The number of nitrogens with zero attached hydrogens (tertiary/aromatic N) is 2. The van der Waals surface area contributed by atoms with Crippen LogP contribution in [0.25, 0.3) is 0 Å². The van der Waals surface area contributed by atoms with Crippen molar-refractivity contribution in [2.45, 2.75) is 6.92 Å². The van der Waals surface area contributed by atoms with E-state index in [9.17, 15) is 9.59 Å². The first-order valence-electron chi connectivity index (χ1n) is 7.00. The third kappa shape index (κ3) is 5.52. The summed E-state index contributed by atoms with van der Waals surface area (Å²) >= 11 is 11.7. The lowest BCUT2D eigenvalue weighted by Gasteiger charge is -2.15. The maximum absolute atomic E-state index is 12.0. The number of carbonyl (C=O) groups excluding carboxylic acids is 2. The fraction of sp³-hybridized carbons (Fsp3) is 0.267. The average molecular weight is 371 g/mol. The third-order valence-corrected chi connectivity index (χ3v) is 3.66. The normalized spacial score (nSPS) is 10.7. The molecule has 2 rings (SSSR count). The zero-order valence-corrected chi connectivity index (χ0v) is 14.6. The summed E-state index contributed by atoms with van der Waals surface area (Å²) in [6.07, 6.45) is 0. The minimum Gasteiger partial charge on any atom is -0.338 e. The van der Waals surface area contributed by atoms with Gasteiger partial charge in [0.05, 0.1) is 28.8 Å². The number of anilines is 2. The molecule has 0 atom stereocenters. The van der Waals surface area contributed by atoms with Gasteiger partial charge < -0.3 is 9.84 Å². The molecule has 9 heteroatoms. The molecule has 2 aromatic rings. The molecule has 0 fully saturated rings. The topological polar surface area (TPSA) is 87.5 Å².